The van der Waals surface area contributed by atoms with Crippen LogP contribution in [0.2, 0.25) is 5.04 Å². The smallest absolute Gasteiger partial charge is 0.336 e. The van der Waals surface area contributed by atoms with Gasteiger partial charge in [-0.1, -0.05) is 112 Å². The molecule has 0 spiro atoms. The summed E-state index contributed by atoms with van der Waals surface area (Å²) in [6, 6.07) is 30.6. The Labute approximate surface area is 215 Å². The summed E-state index contributed by atoms with van der Waals surface area (Å²) in [5.41, 5.74) is 0.973. The third-order valence-corrected chi connectivity index (χ3v) is 12.0. The van der Waals surface area contributed by atoms with Gasteiger partial charge in [0.05, 0.1) is 19.1 Å². The molecule has 0 bridgehead atoms. The van der Waals surface area contributed by atoms with Crippen molar-refractivity contribution in [1.29, 1.82) is 0 Å². The first-order chi connectivity index (χ1) is 17.4. The fourth-order valence-corrected chi connectivity index (χ4v) is 9.78. The van der Waals surface area contributed by atoms with Gasteiger partial charge in [0.1, 0.15) is 6.10 Å². The van der Waals surface area contributed by atoms with Gasteiger partial charge in [0.15, 0.2) is 6.10 Å². The molecule has 6 heteroatoms. The molecule has 0 radical (unpaired) electrons. The molecule has 3 atom stereocenters. The van der Waals surface area contributed by atoms with E-state index in [1.807, 2.05) is 42.5 Å². The van der Waals surface area contributed by atoms with Crippen molar-refractivity contribution in [2.75, 3.05) is 13.2 Å². The van der Waals surface area contributed by atoms with Crippen molar-refractivity contribution in [2.45, 2.75) is 51.0 Å². The van der Waals surface area contributed by atoms with Crippen LogP contribution in [0.1, 0.15) is 32.8 Å². The second-order valence-corrected chi connectivity index (χ2v) is 14.6. The highest BCUT2D eigenvalue weighted by atomic mass is 28.4. The van der Waals surface area contributed by atoms with E-state index in [1.165, 1.54) is 10.4 Å². The summed E-state index contributed by atoms with van der Waals surface area (Å²) < 4.78 is 18.5. The van der Waals surface area contributed by atoms with Crippen LogP contribution in [0.5, 0.6) is 0 Å². The molecule has 1 fully saturated rings. The Kier molecular flexibility index (Phi) is 8.41. The number of carbonyl (C=O) groups is 1. The molecule has 1 aliphatic rings. The number of ether oxygens (including phenoxy) is 2. The molecule has 0 amide bonds. The maximum absolute atomic E-state index is 12.6. The van der Waals surface area contributed by atoms with Crippen LogP contribution in [0.4, 0.5) is 0 Å². The standard InChI is InChI=1S/C30H36O5Si/c1-30(2,3)36(24-15-9-5-10-16-24,25-17-11-6-12-18-25)34-20-19-27-26(21-31)28(29(32)35-27)33-22-23-13-7-4-8-14-23/h4-18,26-28,31H,19-22H2,1-3H3/t26-,27-,28-/m1/s1. The van der Waals surface area contributed by atoms with Gasteiger partial charge in [0.25, 0.3) is 8.32 Å². The fourth-order valence-electron chi connectivity index (χ4n) is 5.20. The van der Waals surface area contributed by atoms with Crippen LogP contribution in [0.15, 0.2) is 91.0 Å². The number of benzene rings is 3. The molecule has 1 saturated heterocycles. The molecule has 3 aromatic rings. The minimum atomic E-state index is -2.68. The largest absolute Gasteiger partial charge is 0.460 e. The number of hydrogen-bond donors (Lipinski definition) is 1. The molecule has 0 aromatic heterocycles. The van der Waals surface area contributed by atoms with Crippen molar-refractivity contribution < 1.29 is 23.8 Å². The number of rotatable bonds is 10. The number of esters is 1. The number of cyclic esters (lactones) is 1. The first-order valence-corrected chi connectivity index (χ1v) is 14.5. The third kappa shape index (κ3) is 5.47. The van der Waals surface area contributed by atoms with Crippen LogP contribution >= 0.6 is 0 Å². The van der Waals surface area contributed by atoms with Gasteiger partial charge in [-0.2, -0.15) is 0 Å². The van der Waals surface area contributed by atoms with E-state index in [4.69, 9.17) is 13.9 Å². The molecule has 1 heterocycles. The van der Waals surface area contributed by atoms with Crippen LogP contribution in [-0.2, 0) is 25.3 Å². The monoisotopic (exact) mass is 504 g/mol. The van der Waals surface area contributed by atoms with Crippen molar-refractivity contribution in [3.63, 3.8) is 0 Å². The summed E-state index contributed by atoms with van der Waals surface area (Å²) in [6.45, 7) is 7.22. The molecule has 1 N–H and O–H groups in total. The number of aliphatic hydroxyl groups excluding tert-OH is 1. The zero-order valence-electron chi connectivity index (χ0n) is 21.3. The summed E-state index contributed by atoms with van der Waals surface area (Å²) in [6.07, 6.45) is -0.748. The van der Waals surface area contributed by atoms with Crippen LogP contribution in [0, 0.1) is 5.92 Å². The zero-order chi connectivity index (χ0) is 25.6. The zero-order valence-corrected chi connectivity index (χ0v) is 22.3. The lowest BCUT2D eigenvalue weighted by molar-refractivity contribution is -0.150. The lowest BCUT2D eigenvalue weighted by Gasteiger charge is -2.43. The highest BCUT2D eigenvalue weighted by molar-refractivity contribution is 6.99. The molecule has 0 unspecified atom stereocenters. The molecule has 36 heavy (non-hydrogen) atoms. The Bertz CT molecular complexity index is 1060. The summed E-state index contributed by atoms with van der Waals surface area (Å²) in [5, 5.41) is 12.4. The Morgan fingerprint density at radius 3 is 1.89 bits per heavy atom. The Morgan fingerprint density at radius 1 is 0.861 bits per heavy atom. The molecular formula is C30H36O5Si. The maximum Gasteiger partial charge on any atom is 0.336 e. The van der Waals surface area contributed by atoms with Crippen LogP contribution < -0.4 is 10.4 Å². The quantitative estimate of drug-likeness (QED) is 0.333. The SMILES string of the molecule is CC(C)(C)[Si](OCC[C@H]1OC(=O)[C@H](OCc2ccccc2)[C@@H]1CO)(c1ccccc1)c1ccccc1. The van der Waals surface area contributed by atoms with E-state index < -0.39 is 32.4 Å². The minimum absolute atomic E-state index is 0.139. The average Bonchev–Trinajstić information content (AvgIpc) is 3.20. The van der Waals surface area contributed by atoms with Crippen molar-refractivity contribution >= 4 is 24.7 Å². The number of hydrogen-bond acceptors (Lipinski definition) is 5. The van der Waals surface area contributed by atoms with Crippen LogP contribution in [0.25, 0.3) is 0 Å². The first kappa shape index (κ1) is 26.3. The normalized spacial score (nSPS) is 20.3. The summed E-state index contributed by atoms with van der Waals surface area (Å²) in [4.78, 5) is 12.6. The van der Waals surface area contributed by atoms with E-state index in [2.05, 4.69) is 69.3 Å². The summed E-state index contributed by atoms with van der Waals surface area (Å²) in [7, 11) is -2.68. The van der Waals surface area contributed by atoms with E-state index in [0.717, 1.165) is 5.56 Å². The van der Waals surface area contributed by atoms with Gasteiger partial charge >= 0.3 is 5.97 Å². The minimum Gasteiger partial charge on any atom is -0.460 e. The maximum atomic E-state index is 12.6. The Balaban J connectivity index is 1.51. The first-order valence-electron chi connectivity index (χ1n) is 12.6. The molecule has 1 aliphatic heterocycles. The Morgan fingerprint density at radius 2 is 1.39 bits per heavy atom. The highest BCUT2D eigenvalue weighted by Crippen LogP contribution is 2.37. The van der Waals surface area contributed by atoms with Gasteiger partial charge in [-0.05, 0) is 21.0 Å². The predicted octanol–water partition coefficient (Wildman–Crippen LogP) is 4.07. The van der Waals surface area contributed by atoms with Crippen molar-refractivity contribution in [3.8, 4) is 0 Å². The second kappa shape index (κ2) is 11.5. The van der Waals surface area contributed by atoms with E-state index in [1.54, 1.807) is 0 Å². The van der Waals surface area contributed by atoms with Gasteiger partial charge in [-0.15, -0.1) is 0 Å². The predicted molar refractivity (Wildman–Crippen MR) is 144 cm³/mol. The lowest BCUT2D eigenvalue weighted by Crippen LogP contribution is -2.66. The van der Waals surface area contributed by atoms with Gasteiger partial charge < -0.3 is 19.0 Å². The molecular weight excluding hydrogens is 468 g/mol. The van der Waals surface area contributed by atoms with E-state index >= 15 is 0 Å². The molecule has 0 saturated carbocycles. The molecule has 190 valence electrons. The molecule has 5 nitrogen and oxygen atoms in total. The van der Waals surface area contributed by atoms with E-state index in [9.17, 15) is 9.90 Å². The summed E-state index contributed by atoms with van der Waals surface area (Å²) >= 11 is 0. The van der Waals surface area contributed by atoms with Gasteiger partial charge in [-0.25, -0.2) is 4.79 Å². The van der Waals surface area contributed by atoms with Crippen LogP contribution in [0.3, 0.4) is 0 Å². The summed E-state index contributed by atoms with van der Waals surface area (Å²) in [5.74, 6) is -0.843. The number of aliphatic hydroxyl groups is 1. The molecule has 4 rings (SSSR count). The highest BCUT2D eigenvalue weighted by Gasteiger charge is 2.51. The molecule has 0 aliphatic carbocycles. The third-order valence-electron chi connectivity index (χ3n) is 6.99. The fraction of sp³-hybridized carbons (Fsp3) is 0.367. The number of carbonyl (C=O) groups excluding carboxylic acids is 1. The van der Waals surface area contributed by atoms with Crippen LogP contribution in [-0.4, -0.2) is 44.8 Å². The van der Waals surface area contributed by atoms with Gasteiger partial charge in [0.2, 0.25) is 0 Å². The molecule has 3 aromatic carbocycles. The van der Waals surface area contributed by atoms with Gasteiger partial charge in [0, 0.05) is 13.0 Å². The van der Waals surface area contributed by atoms with Crippen molar-refractivity contribution in [1.82, 2.24) is 0 Å². The average molecular weight is 505 g/mol. The van der Waals surface area contributed by atoms with E-state index in [-0.39, 0.29) is 11.6 Å². The Hall–Kier alpha value is -2.77. The van der Waals surface area contributed by atoms with Crippen molar-refractivity contribution in [3.05, 3.63) is 96.6 Å². The lowest BCUT2D eigenvalue weighted by atomic mass is 9.97. The van der Waals surface area contributed by atoms with Gasteiger partial charge in [-0.3, -0.25) is 0 Å². The van der Waals surface area contributed by atoms with E-state index in [0.29, 0.717) is 19.6 Å². The second-order valence-electron chi connectivity index (χ2n) is 10.3. The van der Waals surface area contributed by atoms with Crippen molar-refractivity contribution in [2.24, 2.45) is 5.92 Å². The topological polar surface area (TPSA) is 65.0 Å².